The van der Waals surface area contributed by atoms with Crippen LogP contribution in [0.3, 0.4) is 0 Å². The molecule has 0 bridgehead atoms. The average molecular weight is 484 g/mol. The van der Waals surface area contributed by atoms with Crippen LogP contribution in [-0.4, -0.2) is 24.3 Å². The van der Waals surface area contributed by atoms with Crippen molar-refractivity contribution in [3.05, 3.63) is 99.6 Å². The van der Waals surface area contributed by atoms with Crippen molar-refractivity contribution in [1.29, 1.82) is 0 Å². The fourth-order valence-electron chi connectivity index (χ4n) is 3.30. The molecular weight excluding hydrogens is 462 g/mol. The Bertz CT molecular complexity index is 1400. The highest BCUT2D eigenvalue weighted by atomic mass is 35.5. The molecule has 0 radical (unpaired) electrons. The predicted molar refractivity (Wildman–Crippen MR) is 130 cm³/mol. The van der Waals surface area contributed by atoms with E-state index in [0.29, 0.717) is 0 Å². The van der Waals surface area contributed by atoms with Gasteiger partial charge in [-0.2, -0.15) is 4.31 Å². The maximum Gasteiger partial charge on any atom is 0.244 e. The van der Waals surface area contributed by atoms with Gasteiger partial charge in [-0.15, -0.1) is 11.3 Å². The first kappa shape index (κ1) is 22.5. The standard InChI is InChI=1S/C24H22ClN3O2S2/c1-27(16-18-9-5-3-6-10-18)32(29,30)23-15-19(13-14-21(23)25)22-17-31-24(28(22)2)26-20-11-7-4-8-12-20/h3-15,17H,16H2,1-2H3. The summed E-state index contributed by atoms with van der Waals surface area (Å²) in [6, 6.07) is 24.3. The number of benzene rings is 3. The van der Waals surface area contributed by atoms with Gasteiger partial charge in [0.1, 0.15) is 4.90 Å². The van der Waals surface area contributed by atoms with E-state index in [4.69, 9.17) is 11.6 Å². The van der Waals surface area contributed by atoms with Crippen LogP contribution in [0.2, 0.25) is 5.02 Å². The Morgan fingerprint density at radius 2 is 1.66 bits per heavy atom. The summed E-state index contributed by atoms with van der Waals surface area (Å²) in [6.07, 6.45) is 0. The van der Waals surface area contributed by atoms with Gasteiger partial charge < -0.3 is 4.57 Å². The molecule has 0 saturated heterocycles. The molecule has 32 heavy (non-hydrogen) atoms. The lowest BCUT2D eigenvalue weighted by molar-refractivity contribution is 0.467. The quantitative estimate of drug-likeness (QED) is 0.365. The van der Waals surface area contributed by atoms with E-state index in [1.807, 2.05) is 83.7 Å². The van der Waals surface area contributed by atoms with Crippen molar-refractivity contribution in [1.82, 2.24) is 8.87 Å². The van der Waals surface area contributed by atoms with E-state index in [0.717, 1.165) is 27.3 Å². The molecule has 4 aromatic rings. The lowest BCUT2D eigenvalue weighted by atomic mass is 10.2. The third-order valence-corrected chi connectivity index (χ3v) is 8.27. The van der Waals surface area contributed by atoms with Crippen LogP contribution in [0.25, 0.3) is 11.3 Å². The summed E-state index contributed by atoms with van der Waals surface area (Å²) in [7, 11) is -0.304. The third-order valence-electron chi connectivity index (χ3n) is 5.07. The van der Waals surface area contributed by atoms with Crippen LogP contribution in [0.5, 0.6) is 0 Å². The number of rotatable bonds is 6. The highest BCUT2D eigenvalue weighted by molar-refractivity contribution is 7.89. The third kappa shape index (κ3) is 4.71. The maximum atomic E-state index is 13.3. The molecule has 3 aromatic carbocycles. The summed E-state index contributed by atoms with van der Waals surface area (Å²) in [4.78, 5) is 5.58. The van der Waals surface area contributed by atoms with E-state index in [9.17, 15) is 8.42 Å². The van der Waals surface area contributed by atoms with Gasteiger partial charge in [0.05, 0.1) is 16.4 Å². The minimum absolute atomic E-state index is 0.0860. The van der Waals surface area contributed by atoms with E-state index in [-0.39, 0.29) is 16.5 Å². The molecule has 0 aliphatic heterocycles. The summed E-state index contributed by atoms with van der Waals surface area (Å²) in [5.74, 6) is 0. The molecule has 0 fully saturated rings. The van der Waals surface area contributed by atoms with Gasteiger partial charge in [-0.05, 0) is 29.8 Å². The van der Waals surface area contributed by atoms with Crippen molar-refractivity contribution >= 4 is 38.6 Å². The first-order valence-electron chi connectivity index (χ1n) is 9.91. The molecule has 0 spiro atoms. The summed E-state index contributed by atoms with van der Waals surface area (Å²) in [6.45, 7) is 0.260. The fraction of sp³-hybridized carbons (Fsp3) is 0.125. The van der Waals surface area contributed by atoms with Crippen LogP contribution >= 0.6 is 22.9 Å². The van der Waals surface area contributed by atoms with Gasteiger partial charge in [-0.1, -0.05) is 66.2 Å². The molecule has 0 aliphatic carbocycles. The number of sulfonamides is 1. The van der Waals surface area contributed by atoms with Gasteiger partial charge in [0.2, 0.25) is 10.0 Å². The van der Waals surface area contributed by atoms with Crippen molar-refractivity contribution in [2.24, 2.45) is 12.0 Å². The number of hydrogen-bond acceptors (Lipinski definition) is 4. The second kappa shape index (κ2) is 9.42. The first-order chi connectivity index (χ1) is 15.4. The summed E-state index contributed by atoms with van der Waals surface area (Å²) in [5, 5.41) is 2.16. The summed E-state index contributed by atoms with van der Waals surface area (Å²) < 4.78 is 29.8. The topological polar surface area (TPSA) is 54.7 Å². The summed E-state index contributed by atoms with van der Waals surface area (Å²) >= 11 is 7.83. The predicted octanol–water partition coefficient (Wildman–Crippen LogP) is 5.46. The molecule has 8 heteroatoms. The van der Waals surface area contributed by atoms with E-state index >= 15 is 0 Å². The molecule has 0 N–H and O–H groups in total. The van der Waals surface area contributed by atoms with E-state index in [2.05, 4.69) is 4.99 Å². The Labute approximate surface area is 196 Å². The normalized spacial score (nSPS) is 12.4. The molecular formula is C24H22ClN3O2S2. The van der Waals surface area contributed by atoms with Gasteiger partial charge in [0.25, 0.3) is 0 Å². The van der Waals surface area contributed by atoms with Crippen LogP contribution in [0.4, 0.5) is 5.69 Å². The minimum Gasteiger partial charge on any atom is -0.320 e. The number of halogens is 1. The van der Waals surface area contributed by atoms with E-state index in [1.54, 1.807) is 19.2 Å². The lowest BCUT2D eigenvalue weighted by Crippen LogP contribution is -2.26. The van der Waals surface area contributed by atoms with E-state index < -0.39 is 10.0 Å². The second-order valence-electron chi connectivity index (χ2n) is 7.30. The van der Waals surface area contributed by atoms with Crippen molar-refractivity contribution in [3.63, 3.8) is 0 Å². The van der Waals surface area contributed by atoms with Crippen molar-refractivity contribution in [3.8, 4) is 11.3 Å². The molecule has 1 heterocycles. The van der Waals surface area contributed by atoms with Gasteiger partial charge >= 0.3 is 0 Å². The highest BCUT2D eigenvalue weighted by Crippen LogP contribution is 2.30. The Morgan fingerprint density at radius 1 is 1.00 bits per heavy atom. The molecule has 0 saturated carbocycles. The zero-order valence-corrected chi connectivity index (χ0v) is 20.0. The maximum absolute atomic E-state index is 13.3. The number of thiazole rings is 1. The Morgan fingerprint density at radius 3 is 2.34 bits per heavy atom. The van der Waals surface area contributed by atoms with Crippen LogP contribution in [0.15, 0.2) is 94.1 Å². The first-order valence-corrected chi connectivity index (χ1v) is 12.6. The number of hydrogen-bond donors (Lipinski definition) is 0. The van der Waals surface area contributed by atoms with Gasteiger partial charge in [0, 0.05) is 31.6 Å². The Balaban J connectivity index is 1.70. The molecule has 0 atom stereocenters. The van der Waals surface area contributed by atoms with Gasteiger partial charge in [-0.3, -0.25) is 0 Å². The van der Waals surface area contributed by atoms with Crippen molar-refractivity contribution in [2.45, 2.75) is 11.4 Å². The molecule has 1 aromatic heterocycles. The summed E-state index contributed by atoms with van der Waals surface area (Å²) in [5.41, 5.74) is 3.39. The van der Waals surface area contributed by atoms with Crippen LogP contribution in [0.1, 0.15) is 5.56 Å². The Hall–Kier alpha value is -2.71. The average Bonchev–Trinajstić information content (AvgIpc) is 3.15. The molecule has 5 nitrogen and oxygen atoms in total. The van der Waals surface area contributed by atoms with Crippen molar-refractivity contribution < 1.29 is 8.42 Å². The lowest BCUT2D eigenvalue weighted by Gasteiger charge is -2.19. The van der Waals surface area contributed by atoms with Gasteiger partial charge in [0.15, 0.2) is 4.80 Å². The molecule has 0 amide bonds. The largest absolute Gasteiger partial charge is 0.320 e. The smallest absolute Gasteiger partial charge is 0.244 e. The van der Waals surface area contributed by atoms with Crippen molar-refractivity contribution in [2.75, 3.05) is 7.05 Å². The van der Waals surface area contributed by atoms with E-state index in [1.165, 1.54) is 15.6 Å². The number of nitrogens with zero attached hydrogens (tertiary/aromatic N) is 3. The van der Waals surface area contributed by atoms with Crippen LogP contribution < -0.4 is 4.80 Å². The highest BCUT2D eigenvalue weighted by Gasteiger charge is 2.25. The fourth-order valence-corrected chi connectivity index (χ4v) is 5.88. The number of para-hydroxylation sites is 1. The monoisotopic (exact) mass is 483 g/mol. The van der Waals surface area contributed by atoms with Crippen LogP contribution in [-0.2, 0) is 23.6 Å². The van der Waals surface area contributed by atoms with Gasteiger partial charge in [-0.25, -0.2) is 13.4 Å². The molecule has 164 valence electrons. The molecule has 0 aliphatic rings. The SMILES string of the molecule is CN(Cc1ccccc1)S(=O)(=O)c1cc(-c2csc(=Nc3ccccc3)n2C)ccc1Cl. The zero-order chi connectivity index (χ0) is 22.7. The molecule has 0 unspecified atom stereocenters. The Kier molecular flexibility index (Phi) is 6.62. The van der Waals surface area contributed by atoms with Crippen LogP contribution in [0, 0.1) is 0 Å². The molecule has 4 rings (SSSR count). The zero-order valence-electron chi connectivity index (χ0n) is 17.6. The second-order valence-corrected chi connectivity index (χ2v) is 10.6. The number of aromatic nitrogens is 1. The minimum atomic E-state index is -3.78.